The summed E-state index contributed by atoms with van der Waals surface area (Å²) < 4.78 is 22.9. The predicted octanol–water partition coefficient (Wildman–Crippen LogP) is 12.5. The maximum absolute atomic E-state index is 12.8. The van der Waals surface area contributed by atoms with Crippen LogP contribution in [0.3, 0.4) is 0 Å². The molecule has 0 aromatic heterocycles. The van der Waals surface area contributed by atoms with E-state index in [-0.39, 0.29) is 19.2 Å². The zero-order valence-electron chi connectivity index (χ0n) is 39.7. The Kier molecular flexibility index (Phi) is 41.5. The fourth-order valence-electron chi connectivity index (χ4n) is 8.05. The lowest BCUT2D eigenvalue weighted by atomic mass is 9.99. The van der Waals surface area contributed by atoms with Crippen molar-refractivity contribution in [2.75, 3.05) is 26.4 Å². The summed E-state index contributed by atoms with van der Waals surface area (Å²) in [6.07, 6.45) is 45.0. The Morgan fingerprint density at radius 1 is 0.525 bits per heavy atom. The normalized spacial score (nSPS) is 20.0. The minimum Gasteiger partial charge on any atom is -0.457 e. The largest absolute Gasteiger partial charge is 0.457 e. The Hall–Kier alpha value is -1.33. The van der Waals surface area contributed by atoms with E-state index in [2.05, 4.69) is 38.2 Å². The van der Waals surface area contributed by atoms with Gasteiger partial charge in [0.15, 0.2) is 6.29 Å². The van der Waals surface area contributed by atoms with Gasteiger partial charge in [-0.1, -0.05) is 212 Å². The van der Waals surface area contributed by atoms with Crippen LogP contribution in [0.25, 0.3) is 0 Å². The van der Waals surface area contributed by atoms with Gasteiger partial charge in [0.05, 0.1) is 19.8 Å². The van der Waals surface area contributed by atoms with Crippen LogP contribution in [0.2, 0.25) is 0 Å². The second kappa shape index (κ2) is 43.9. The number of rotatable bonds is 45. The van der Waals surface area contributed by atoms with Crippen molar-refractivity contribution in [3.05, 3.63) is 24.3 Å². The molecular formula is C52H98O9. The van der Waals surface area contributed by atoms with Crippen LogP contribution in [0.15, 0.2) is 24.3 Å². The van der Waals surface area contributed by atoms with Gasteiger partial charge in [0, 0.05) is 13.0 Å². The minimum absolute atomic E-state index is 0.109. The van der Waals surface area contributed by atoms with E-state index in [0.29, 0.717) is 13.0 Å². The molecule has 0 bridgehead atoms. The number of hydrogen-bond donors (Lipinski definition) is 4. The summed E-state index contributed by atoms with van der Waals surface area (Å²) in [4.78, 5) is 12.8. The fourth-order valence-corrected chi connectivity index (χ4v) is 8.05. The maximum Gasteiger partial charge on any atom is 0.306 e. The molecule has 9 nitrogen and oxygen atoms in total. The van der Waals surface area contributed by atoms with Crippen molar-refractivity contribution < 1.29 is 44.2 Å². The first-order valence-corrected chi connectivity index (χ1v) is 25.9. The van der Waals surface area contributed by atoms with E-state index in [4.69, 9.17) is 18.9 Å². The van der Waals surface area contributed by atoms with Gasteiger partial charge in [-0.25, -0.2) is 0 Å². The molecule has 0 aromatic carbocycles. The quantitative estimate of drug-likeness (QED) is 0.0268. The van der Waals surface area contributed by atoms with Crippen molar-refractivity contribution in [1.82, 2.24) is 0 Å². The van der Waals surface area contributed by atoms with Crippen molar-refractivity contribution >= 4 is 5.97 Å². The summed E-state index contributed by atoms with van der Waals surface area (Å²) in [7, 11) is 0. The van der Waals surface area contributed by atoms with Crippen LogP contribution in [0, 0.1) is 0 Å². The molecule has 0 radical (unpaired) electrons. The highest BCUT2D eigenvalue weighted by atomic mass is 16.7. The van der Waals surface area contributed by atoms with Crippen LogP contribution >= 0.6 is 0 Å². The Balaban J connectivity index is 2.15. The van der Waals surface area contributed by atoms with Crippen LogP contribution in [-0.2, 0) is 23.7 Å². The number of carbonyl (C=O) groups excluding carboxylic acids is 1. The Bertz CT molecular complexity index is 988. The lowest BCUT2D eigenvalue weighted by Crippen LogP contribution is -2.59. The molecule has 1 saturated heterocycles. The number of hydrogen-bond acceptors (Lipinski definition) is 9. The Labute approximate surface area is 375 Å². The van der Waals surface area contributed by atoms with Crippen molar-refractivity contribution in [1.29, 1.82) is 0 Å². The van der Waals surface area contributed by atoms with Gasteiger partial charge in [0.1, 0.15) is 30.5 Å². The van der Waals surface area contributed by atoms with Gasteiger partial charge < -0.3 is 39.4 Å². The third-order valence-electron chi connectivity index (χ3n) is 12.1. The van der Waals surface area contributed by atoms with Crippen molar-refractivity contribution in [3.63, 3.8) is 0 Å². The molecule has 1 aliphatic rings. The molecule has 6 unspecified atom stereocenters. The summed E-state index contributed by atoms with van der Waals surface area (Å²) >= 11 is 0. The van der Waals surface area contributed by atoms with Gasteiger partial charge in [0.25, 0.3) is 0 Å². The zero-order valence-corrected chi connectivity index (χ0v) is 39.7. The molecular weight excluding hydrogens is 769 g/mol. The monoisotopic (exact) mass is 867 g/mol. The smallest absolute Gasteiger partial charge is 0.306 e. The standard InChI is InChI=1S/C52H98O9/c1-3-5-7-9-11-13-15-17-18-19-20-21-22-23-24-25-26-27-28-29-31-33-35-37-39-41-48(54)60-46(45-59-52-51(57)50(56)49(55)47(43-53)61-52)44-58-42-40-38-36-34-32-30-16-14-12-10-8-6-4-2/h15,17,19-20,46-47,49-53,55-57H,3-14,16,18,21-45H2,1-2H3/b17-15-,20-19-. The third kappa shape index (κ3) is 34.7. The highest BCUT2D eigenvalue weighted by molar-refractivity contribution is 5.69. The average Bonchev–Trinajstić information content (AvgIpc) is 3.26. The van der Waals surface area contributed by atoms with Gasteiger partial charge in [-0.15, -0.1) is 0 Å². The SMILES string of the molecule is CCCCCCC/C=C\C/C=C\CCCCCCCCCCCCCCCC(=O)OC(COCCCCCCCCCCCCCCC)COC1OC(CO)C(O)C(O)C1O. The molecule has 0 saturated carbocycles. The van der Waals surface area contributed by atoms with Gasteiger partial charge >= 0.3 is 5.97 Å². The van der Waals surface area contributed by atoms with E-state index in [0.717, 1.165) is 38.5 Å². The van der Waals surface area contributed by atoms with E-state index < -0.39 is 43.4 Å². The highest BCUT2D eigenvalue weighted by Crippen LogP contribution is 2.23. The van der Waals surface area contributed by atoms with Gasteiger partial charge in [-0.05, 0) is 44.9 Å². The number of allylic oxidation sites excluding steroid dienone is 4. The molecule has 360 valence electrons. The number of ether oxygens (including phenoxy) is 4. The molecule has 1 heterocycles. The molecule has 0 aromatic rings. The maximum atomic E-state index is 12.8. The molecule has 4 N–H and O–H groups in total. The van der Waals surface area contributed by atoms with E-state index in [1.54, 1.807) is 0 Å². The third-order valence-corrected chi connectivity index (χ3v) is 12.1. The first-order valence-electron chi connectivity index (χ1n) is 25.9. The van der Waals surface area contributed by atoms with Crippen LogP contribution < -0.4 is 0 Å². The van der Waals surface area contributed by atoms with E-state index >= 15 is 0 Å². The highest BCUT2D eigenvalue weighted by Gasteiger charge is 2.44. The Morgan fingerprint density at radius 2 is 0.951 bits per heavy atom. The molecule has 9 heteroatoms. The zero-order chi connectivity index (χ0) is 44.3. The first kappa shape index (κ1) is 57.7. The topological polar surface area (TPSA) is 135 Å². The van der Waals surface area contributed by atoms with Crippen LogP contribution in [0.4, 0.5) is 0 Å². The van der Waals surface area contributed by atoms with E-state index in [9.17, 15) is 25.2 Å². The van der Waals surface area contributed by atoms with Crippen molar-refractivity contribution in [2.24, 2.45) is 0 Å². The first-order chi connectivity index (χ1) is 29.9. The summed E-state index contributed by atoms with van der Waals surface area (Å²) in [6.45, 7) is 4.59. The molecule has 6 atom stereocenters. The van der Waals surface area contributed by atoms with Gasteiger partial charge in [-0.3, -0.25) is 4.79 Å². The fraction of sp³-hybridized carbons (Fsp3) is 0.904. The Morgan fingerprint density at radius 3 is 1.41 bits per heavy atom. The number of carbonyl (C=O) groups is 1. The van der Waals surface area contributed by atoms with Crippen LogP contribution in [0.5, 0.6) is 0 Å². The number of esters is 1. The molecule has 1 fully saturated rings. The number of unbranched alkanes of at least 4 members (excludes halogenated alkanes) is 30. The summed E-state index contributed by atoms with van der Waals surface area (Å²) in [6, 6.07) is 0. The van der Waals surface area contributed by atoms with Crippen molar-refractivity contribution in [2.45, 2.75) is 275 Å². The molecule has 0 spiro atoms. The summed E-state index contributed by atoms with van der Waals surface area (Å²) in [5, 5.41) is 40.2. The summed E-state index contributed by atoms with van der Waals surface area (Å²) in [5.74, 6) is -0.310. The van der Waals surface area contributed by atoms with Crippen molar-refractivity contribution in [3.8, 4) is 0 Å². The second-order valence-corrected chi connectivity index (χ2v) is 18.0. The lowest BCUT2D eigenvalue weighted by Gasteiger charge is -2.39. The van der Waals surface area contributed by atoms with Crippen LogP contribution in [-0.4, -0.2) is 89.6 Å². The molecule has 0 amide bonds. The average molecular weight is 867 g/mol. The summed E-state index contributed by atoms with van der Waals surface area (Å²) in [5.41, 5.74) is 0. The number of aliphatic hydroxyl groups excluding tert-OH is 4. The molecule has 1 aliphatic heterocycles. The number of aliphatic hydroxyl groups is 4. The van der Waals surface area contributed by atoms with E-state index in [1.165, 1.54) is 180 Å². The van der Waals surface area contributed by atoms with Gasteiger partial charge in [-0.2, -0.15) is 0 Å². The molecule has 1 rings (SSSR count). The van der Waals surface area contributed by atoms with Crippen LogP contribution in [0.1, 0.15) is 239 Å². The lowest BCUT2D eigenvalue weighted by molar-refractivity contribution is -0.305. The molecule has 0 aliphatic carbocycles. The van der Waals surface area contributed by atoms with E-state index in [1.807, 2.05) is 0 Å². The molecule has 61 heavy (non-hydrogen) atoms. The van der Waals surface area contributed by atoms with Gasteiger partial charge in [0.2, 0.25) is 0 Å². The predicted molar refractivity (Wildman–Crippen MR) is 252 cm³/mol. The second-order valence-electron chi connectivity index (χ2n) is 18.0. The minimum atomic E-state index is -1.53.